The summed E-state index contributed by atoms with van der Waals surface area (Å²) >= 11 is 0. The first-order valence-corrected chi connectivity index (χ1v) is 9.77. The summed E-state index contributed by atoms with van der Waals surface area (Å²) in [5.41, 5.74) is 2.23. The van der Waals surface area contributed by atoms with Crippen molar-refractivity contribution in [3.05, 3.63) is 65.5 Å². The summed E-state index contributed by atoms with van der Waals surface area (Å²) in [6, 6.07) is 14.5. The number of halogens is 1. The number of hydrogen-bond donors (Lipinski definition) is 1. The minimum atomic E-state index is -0.200. The fourth-order valence-electron chi connectivity index (χ4n) is 3.44. The van der Waals surface area contributed by atoms with Crippen LogP contribution in [-0.4, -0.2) is 62.2 Å². The molecule has 1 heterocycles. The number of piperazine rings is 1. The molecule has 6 heteroatoms. The van der Waals surface area contributed by atoms with Gasteiger partial charge in [-0.05, 0) is 42.2 Å². The van der Waals surface area contributed by atoms with Gasteiger partial charge in [0.1, 0.15) is 11.6 Å². The molecule has 1 saturated heterocycles. The largest absolute Gasteiger partial charge is 0.496 e. The molecule has 28 heavy (non-hydrogen) atoms. The first kappa shape index (κ1) is 20.1. The van der Waals surface area contributed by atoms with Crippen LogP contribution in [0.25, 0.3) is 0 Å². The molecule has 0 bridgehead atoms. The standard InChI is InChI=1S/C22H28FN3O2/c1-28-21-5-3-2-4-19(21)10-12-24-22(27)26-16-14-25(15-17-26)13-11-18-6-8-20(23)9-7-18/h2-9H,10-17H2,1H3,(H,24,27). The van der Waals surface area contributed by atoms with E-state index in [1.54, 1.807) is 7.11 Å². The predicted molar refractivity (Wildman–Crippen MR) is 108 cm³/mol. The van der Waals surface area contributed by atoms with Crippen molar-refractivity contribution in [3.8, 4) is 5.75 Å². The van der Waals surface area contributed by atoms with E-state index in [4.69, 9.17) is 4.74 Å². The number of nitrogens with one attached hydrogen (secondary N) is 1. The quantitative estimate of drug-likeness (QED) is 0.797. The molecule has 0 aromatic heterocycles. The molecular weight excluding hydrogens is 357 g/mol. The second-order valence-corrected chi connectivity index (χ2v) is 7.00. The van der Waals surface area contributed by atoms with Crippen molar-refractivity contribution < 1.29 is 13.9 Å². The monoisotopic (exact) mass is 385 g/mol. The Labute approximate surface area is 166 Å². The highest BCUT2D eigenvalue weighted by molar-refractivity contribution is 5.74. The molecule has 2 aromatic rings. The van der Waals surface area contributed by atoms with Crippen LogP contribution < -0.4 is 10.1 Å². The molecule has 2 aromatic carbocycles. The zero-order valence-corrected chi connectivity index (χ0v) is 16.4. The van der Waals surface area contributed by atoms with Gasteiger partial charge in [0.2, 0.25) is 0 Å². The summed E-state index contributed by atoms with van der Waals surface area (Å²) in [6.07, 6.45) is 1.64. The topological polar surface area (TPSA) is 44.8 Å². The van der Waals surface area contributed by atoms with Crippen LogP contribution in [0.4, 0.5) is 9.18 Å². The van der Waals surface area contributed by atoms with Crippen molar-refractivity contribution in [3.63, 3.8) is 0 Å². The summed E-state index contributed by atoms with van der Waals surface area (Å²) in [6.45, 7) is 4.69. The number of urea groups is 1. The van der Waals surface area contributed by atoms with E-state index >= 15 is 0 Å². The molecule has 0 radical (unpaired) electrons. The van der Waals surface area contributed by atoms with Gasteiger partial charge in [-0.15, -0.1) is 0 Å². The van der Waals surface area contributed by atoms with E-state index in [9.17, 15) is 9.18 Å². The van der Waals surface area contributed by atoms with Crippen molar-refractivity contribution >= 4 is 6.03 Å². The van der Waals surface area contributed by atoms with Gasteiger partial charge in [-0.1, -0.05) is 30.3 Å². The Hall–Kier alpha value is -2.60. The van der Waals surface area contributed by atoms with E-state index in [0.717, 1.165) is 62.4 Å². The number of hydrogen-bond acceptors (Lipinski definition) is 3. The van der Waals surface area contributed by atoms with Gasteiger partial charge in [-0.3, -0.25) is 4.90 Å². The highest BCUT2D eigenvalue weighted by Crippen LogP contribution is 2.17. The van der Waals surface area contributed by atoms with E-state index in [-0.39, 0.29) is 11.8 Å². The molecule has 1 aliphatic rings. The number of amides is 2. The Morgan fingerprint density at radius 1 is 1.04 bits per heavy atom. The van der Waals surface area contributed by atoms with Crippen LogP contribution >= 0.6 is 0 Å². The smallest absolute Gasteiger partial charge is 0.317 e. The number of methoxy groups -OCH3 is 1. The summed E-state index contributed by atoms with van der Waals surface area (Å²) in [5, 5.41) is 3.01. The van der Waals surface area contributed by atoms with Crippen molar-refractivity contribution in [2.24, 2.45) is 0 Å². The maximum absolute atomic E-state index is 13.0. The van der Waals surface area contributed by atoms with Crippen LogP contribution in [0.15, 0.2) is 48.5 Å². The van der Waals surface area contributed by atoms with Gasteiger partial charge in [0.05, 0.1) is 7.11 Å². The zero-order chi connectivity index (χ0) is 19.8. The number of para-hydroxylation sites is 1. The SMILES string of the molecule is COc1ccccc1CCNC(=O)N1CCN(CCc2ccc(F)cc2)CC1. The summed E-state index contributed by atoms with van der Waals surface area (Å²) in [7, 11) is 1.66. The first-order valence-electron chi connectivity index (χ1n) is 9.77. The van der Waals surface area contributed by atoms with Crippen molar-refractivity contribution in [1.29, 1.82) is 0 Å². The van der Waals surface area contributed by atoms with Gasteiger partial charge in [-0.2, -0.15) is 0 Å². The van der Waals surface area contributed by atoms with E-state index in [1.165, 1.54) is 12.1 Å². The van der Waals surface area contributed by atoms with E-state index in [0.29, 0.717) is 6.54 Å². The second-order valence-electron chi connectivity index (χ2n) is 7.00. The Balaban J connectivity index is 1.36. The maximum atomic E-state index is 13.0. The molecule has 0 spiro atoms. The molecule has 3 rings (SSSR count). The Bertz CT molecular complexity index is 759. The van der Waals surface area contributed by atoms with E-state index in [1.807, 2.05) is 41.3 Å². The van der Waals surface area contributed by atoms with Crippen LogP contribution in [-0.2, 0) is 12.8 Å². The van der Waals surface area contributed by atoms with Crippen LogP contribution in [0.5, 0.6) is 5.75 Å². The van der Waals surface area contributed by atoms with Crippen molar-refractivity contribution in [2.45, 2.75) is 12.8 Å². The first-order chi connectivity index (χ1) is 13.7. The highest BCUT2D eigenvalue weighted by Gasteiger charge is 2.20. The lowest BCUT2D eigenvalue weighted by molar-refractivity contribution is 0.140. The minimum Gasteiger partial charge on any atom is -0.496 e. The average molecular weight is 385 g/mol. The lowest BCUT2D eigenvalue weighted by Crippen LogP contribution is -2.52. The zero-order valence-electron chi connectivity index (χ0n) is 16.4. The molecule has 0 saturated carbocycles. The predicted octanol–water partition coefficient (Wildman–Crippen LogP) is 2.95. The Morgan fingerprint density at radius 2 is 1.75 bits per heavy atom. The molecule has 2 amide bonds. The van der Waals surface area contributed by atoms with Gasteiger partial charge in [0.15, 0.2) is 0 Å². The Kier molecular flexibility index (Phi) is 7.25. The normalized spacial score (nSPS) is 14.7. The number of carbonyl (C=O) groups is 1. The van der Waals surface area contributed by atoms with E-state index < -0.39 is 0 Å². The molecule has 0 aliphatic carbocycles. The van der Waals surface area contributed by atoms with Crippen molar-refractivity contribution in [2.75, 3.05) is 46.4 Å². The number of benzene rings is 2. The number of carbonyl (C=O) groups excluding carboxylic acids is 1. The number of nitrogens with zero attached hydrogens (tertiary/aromatic N) is 2. The summed E-state index contributed by atoms with van der Waals surface area (Å²) in [4.78, 5) is 16.6. The molecule has 1 N–H and O–H groups in total. The third-order valence-corrected chi connectivity index (χ3v) is 5.15. The van der Waals surface area contributed by atoms with Crippen LogP contribution in [0.2, 0.25) is 0 Å². The molecule has 1 aliphatic heterocycles. The van der Waals surface area contributed by atoms with Gasteiger partial charge in [0.25, 0.3) is 0 Å². The fraction of sp³-hybridized carbons (Fsp3) is 0.409. The third kappa shape index (κ3) is 5.70. The molecule has 1 fully saturated rings. The fourth-order valence-corrected chi connectivity index (χ4v) is 3.44. The third-order valence-electron chi connectivity index (χ3n) is 5.15. The summed E-state index contributed by atoms with van der Waals surface area (Å²) in [5.74, 6) is 0.653. The minimum absolute atomic E-state index is 0.00641. The van der Waals surface area contributed by atoms with Crippen LogP contribution in [0.3, 0.4) is 0 Å². The van der Waals surface area contributed by atoms with E-state index in [2.05, 4.69) is 10.2 Å². The van der Waals surface area contributed by atoms with Crippen LogP contribution in [0.1, 0.15) is 11.1 Å². The molecule has 0 unspecified atom stereocenters. The van der Waals surface area contributed by atoms with Gasteiger partial charge in [-0.25, -0.2) is 9.18 Å². The molecular formula is C22H28FN3O2. The van der Waals surface area contributed by atoms with Crippen LogP contribution in [0, 0.1) is 5.82 Å². The molecule has 150 valence electrons. The van der Waals surface area contributed by atoms with Gasteiger partial charge >= 0.3 is 6.03 Å². The summed E-state index contributed by atoms with van der Waals surface area (Å²) < 4.78 is 18.3. The highest BCUT2D eigenvalue weighted by atomic mass is 19.1. The molecule has 5 nitrogen and oxygen atoms in total. The molecule has 0 atom stereocenters. The average Bonchev–Trinajstić information content (AvgIpc) is 2.74. The lowest BCUT2D eigenvalue weighted by atomic mass is 10.1. The lowest BCUT2D eigenvalue weighted by Gasteiger charge is -2.34. The second kappa shape index (κ2) is 10.1. The Morgan fingerprint density at radius 3 is 2.46 bits per heavy atom. The maximum Gasteiger partial charge on any atom is 0.317 e. The number of rotatable bonds is 7. The van der Waals surface area contributed by atoms with Gasteiger partial charge in [0, 0.05) is 39.3 Å². The van der Waals surface area contributed by atoms with Crippen molar-refractivity contribution in [1.82, 2.24) is 15.1 Å². The van der Waals surface area contributed by atoms with Gasteiger partial charge < -0.3 is 15.0 Å². The number of ether oxygens (including phenoxy) is 1.